The quantitative estimate of drug-likeness (QED) is 0.769. The van der Waals surface area contributed by atoms with Gasteiger partial charge in [-0.3, -0.25) is 0 Å². The zero-order valence-corrected chi connectivity index (χ0v) is 8.74. The molecular weight excluding hydrogens is 166 g/mol. The molecule has 1 aromatic carbocycles. The second kappa shape index (κ2) is 5.70. The van der Waals surface area contributed by atoms with Gasteiger partial charge in [0.1, 0.15) is 0 Å². The third-order valence-electron chi connectivity index (χ3n) is 1.98. The smallest absolute Gasteiger partial charge is 0.0871 e. The third-order valence-corrected chi connectivity index (χ3v) is 1.98. The summed E-state index contributed by atoms with van der Waals surface area (Å²) in [5, 5.41) is 0. The first-order valence-electron chi connectivity index (χ1n) is 3.77. The van der Waals surface area contributed by atoms with Crippen LogP contribution in [-0.2, 0) is 10.3 Å². The zero-order valence-electron chi connectivity index (χ0n) is 8.74. The second-order valence-corrected chi connectivity index (χ2v) is 3.08. The lowest BCUT2D eigenvalue weighted by atomic mass is 9.98. The predicted octanol–water partition coefficient (Wildman–Crippen LogP) is 2.77. The zero-order chi connectivity index (χ0) is 8.32. The molecule has 0 atom stereocenters. The summed E-state index contributed by atoms with van der Waals surface area (Å²) in [6.07, 6.45) is 0. The van der Waals surface area contributed by atoms with Crippen LogP contribution in [0, 0.1) is 0 Å². The maximum atomic E-state index is 5.32. The highest BCUT2D eigenvalue weighted by atomic mass is 16.5. The Hall–Kier alpha value is -0.900. The van der Waals surface area contributed by atoms with Gasteiger partial charge < -0.3 is 16.4 Å². The van der Waals surface area contributed by atoms with Crippen molar-refractivity contribution in [1.82, 2.24) is 6.15 Å². The number of rotatable bonds is 2. The van der Waals surface area contributed by atoms with E-state index in [0.717, 1.165) is 0 Å². The first-order valence-corrected chi connectivity index (χ1v) is 3.77. The van der Waals surface area contributed by atoms with E-state index >= 15 is 0 Å². The van der Waals surface area contributed by atoms with Crippen LogP contribution in [0.2, 0.25) is 0 Å². The van der Waals surface area contributed by atoms with Gasteiger partial charge >= 0.3 is 0 Å². The summed E-state index contributed by atoms with van der Waals surface area (Å²) in [5.41, 5.74) is 1.05. The van der Waals surface area contributed by atoms with Crippen molar-refractivity contribution >= 4 is 0 Å². The van der Waals surface area contributed by atoms with Crippen LogP contribution < -0.4 is 6.15 Å². The van der Waals surface area contributed by atoms with Crippen molar-refractivity contribution in [3.05, 3.63) is 35.9 Å². The number of hydrogen-bond acceptors (Lipinski definition) is 2. The topological polar surface area (TPSA) is 75.7 Å². The van der Waals surface area contributed by atoms with Gasteiger partial charge in [0.05, 0.1) is 5.60 Å². The van der Waals surface area contributed by atoms with Crippen LogP contribution in [-0.4, -0.2) is 12.6 Å². The highest BCUT2D eigenvalue weighted by Crippen LogP contribution is 2.22. The van der Waals surface area contributed by atoms with Gasteiger partial charge in [-0.15, -0.1) is 0 Å². The van der Waals surface area contributed by atoms with Gasteiger partial charge in [-0.05, 0) is 19.4 Å². The highest BCUT2D eigenvalue weighted by Gasteiger charge is 2.17. The van der Waals surface area contributed by atoms with Gasteiger partial charge in [-0.1, -0.05) is 30.3 Å². The molecule has 13 heavy (non-hydrogen) atoms. The molecule has 3 heteroatoms. The van der Waals surface area contributed by atoms with E-state index in [1.165, 1.54) is 5.56 Å². The van der Waals surface area contributed by atoms with Gasteiger partial charge in [0.2, 0.25) is 0 Å². The van der Waals surface area contributed by atoms with E-state index < -0.39 is 0 Å². The van der Waals surface area contributed by atoms with Crippen molar-refractivity contribution < 1.29 is 10.2 Å². The Morgan fingerprint density at radius 1 is 1.08 bits per heavy atom. The van der Waals surface area contributed by atoms with Crippen LogP contribution in [0.5, 0.6) is 0 Å². The Morgan fingerprint density at radius 2 is 1.54 bits per heavy atom. The highest BCUT2D eigenvalue weighted by molar-refractivity contribution is 5.20. The van der Waals surface area contributed by atoms with Gasteiger partial charge in [-0.2, -0.15) is 0 Å². The van der Waals surface area contributed by atoms with Crippen molar-refractivity contribution in [3.8, 4) is 0 Å². The van der Waals surface area contributed by atoms with Crippen LogP contribution in [0.4, 0.5) is 0 Å². The lowest BCUT2D eigenvalue weighted by Gasteiger charge is -2.22. The fourth-order valence-electron chi connectivity index (χ4n) is 0.957. The van der Waals surface area contributed by atoms with E-state index in [-0.39, 0.29) is 17.2 Å². The van der Waals surface area contributed by atoms with Crippen molar-refractivity contribution in [3.63, 3.8) is 0 Å². The Bertz CT molecular complexity index is 222. The van der Waals surface area contributed by atoms with Crippen molar-refractivity contribution in [2.75, 3.05) is 7.11 Å². The summed E-state index contributed by atoms with van der Waals surface area (Å²) in [7, 11) is 1.73. The molecule has 0 aromatic heterocycles. The molecule has 0 aliphatic heterocycles. The fraction of sp³-hybridized carbons (Fsp3) is 0.400. The lowest BCUT2D eigenvalue weighted by molar-refractivity contribution is 0.0192. The van der Waals surface area contributed by atoms with E-state index in [1.807, 2.05) is 18.2 Å². The molecule has 0 amide bonds. The van der Waals surface area contributed by atoms with Gasteiger partial charge in [0.25, 0.3) is 0 Å². The SMILES string of the molecule is COC(C)(C)c1ccccc1.[NH4+].[OH-]. The van der Waals surface area contributed by atoms with E-state index in [9.17, 15) is 0 Å². The van der Waals surface area contributed by atoms with Crippen LogP contribution in [0.25, 0.3) is 0 Å². The number of benzene rings is 1. The minimum absolute atomic E-state index is 0. The molecular formula is C10H19NO2. The molecule has 0 saturated carbocycles. The normalized spacial score (nSPS) is 9.77. The van der Waals surface area contributed by atoms with Crippen LogP contribution in [0.15, 0.2) is 30.3 Å². The average Bonchev–Trinajstić information content (AvgIpc) is 2.06. The molecule has 0 bridgehead atoms. The van der Waals surface area contributed by atoms with Crippen molar-refractivity contribution in [1.29, 1.82) is 0 Å². The molecule has 0 aliphatic carbocycles. The molecule has 0 fully saturated rings. The lowest BCUT2D eigenvalue weighted by Crippen LogP contribution is -2.18. The molecule has 76 valence electrons. The summed E-state index contributed by atoms with van der Waals surface area (Å²) in [6, 6.07) is 10.2. The molecule has 1 aromatic rings. The summed E-state index contributed by atoms with van der Waals surface area (Å²) >= 11 is 0. The maximum absolute atomic E-state index is 5.32. The van der Waals surface area contributed by atoms with Crippen LogP contribution >= 0.6 is 0 Å². The Morgan fingerprint density at radius 3 is 1.92 bits per heavy atom. The second-order valence-electron chi connectivity index (χ2n) is 3.08. The largest absolute Gasteiger partial charge is 0.870 e. The third kappa shape index (κ3) is 3.55. The number of ether oxygens (including phenoxy) is 1. The van der Waals surface area contributed by atoms with Gasteiger partial charge in [0, 0.05) is 7.11 Å². The average molecular weight is 185 g/mol. The van der Waals surface area contributed by atoms with E-state index in [0.29, 0.717) is 0 Å². The Kier molecular flexibility index (Phi) is 6.40. The predicted molar refractivity (Wildman–Crippen MR) is 54.4 cm³/mol. The van der Waals surface area contributed by atoms with E-state index in [1.54, 1.807) is 7.11 Å². The minimum atomic E-state index is -0.165. The van der Waals surface area contributed by atoms with Crippen LogP contribution in [0.1, 0.15) is 19.4 Å². The molecule has 5 N–H and O–H groups in total. The van der Waals surface area contributed by atoms with E-state index in [4.69, 9.17) is 4.74 Å². The summed E-state index contributed by atoms with van der Waals surface area (Å²) < 4.78 is 5.32. The van der Waals surface area contributed by atoms with E-state index in [2.05, 4.69) is 26.0 Å². The minimum Gasteiger partial charge on any atom is -0.870 e. The monoisotopic (exact) mass is 185 g/mol. The summed E-state index contributed by atoms with van der Waals surface area (Å²) in [4.78, 5) is 0. The molecule has 1 rings (SSSR count). The number of methoxy groups -OCH3 is 1. The number of quaternary nitrogens is 1. The first-order chi connectivity index (χ1) is 5.17. The van der Waals surface area contributed by atoms with Crippen LogP contribution in [0.3, 0.4) is 0 Å². The maximum Gasteiger partial charge on any atom is 0.0871 e. The molecule has 0 unspecified atom stereocenters. The first kappa shape index (κ1) is 14.6. The number of hydrogen-bond donors (Lipinski definition) is 1. The van der Waals surface area contributed by atoms with Crippen molar-refractivity contribution in [2.24, 2.45) is 0 Å². The Balaban J connectivity index is 0. The summed E-state index contributed by atoms with van der Waals surface area (Å²) in [6.45, 7) is 4.12. The molecule has 0 radical (unpaired) electrons. The Labute approximate surface area is 79.6 Å². The van der Waals surface area contributed by atoms with Gasteiger partial charge in [0.15, 0.2) is 0 Å². The molecule has 0 heterocycles. The van der Waals surface area contributed by atoms with Crippen molar-refractivity contribution in [2.45, 2.75) is 19.4 Å². The standard InChI is InChI=1S/C10H14O.H3N.H2O/c1-10(2,11-3)9-7-5-4-6-8-9;;/h4-8H,1-3H3;1H3;1H2. The van der Waals surface area contributed by atoms with Gasteiger partial charge in [-0.25, -0.2) is 0 Å². The molecule has 0 spiro atoms. The fourth-order valence-corrected chi connectivity index (χ4v) is 0.957. The molecule has 3 nitrogen and oxygen atoms in total. The summed E-state index contributed by atoms with van der Waals surface area (Å²) in [5.74, 6) is 0. The molecule has 0 aliphatic rings. The molecule has 0 saturated heterocycles.